The summed E-state index contributed by atoms with van der Waals surface area (Å²) in [4.78, 5) is 13.7. The van der Waals surface area contributed by atoms with Gasteiger partial charge in [-0.1, -0.05) is 0 Å². The van der Waals surface area contributed by atoms with Gasteiger partial charge in [-0.25, -0.2) is 4.79 Å². The number of hydrogen-bond acceptors (Lipinski definition) is 6. The Morgan fingerprint density at radius 3 is 3.10 bits per heavy atom. The Kier molecular flexibility index (Phi) is 4.81. The lowest BCUT2D eigenvalue weighted by atomic mass is 10.1. The van der Waals surface area contributed by atoms with E-state index in [9.17, 15) is 4.79 Å². The van der Waals surface area contributed by atoms with Crippen molar-refractivity contribution in [1.82, 2.24) is 4.90 Å². The summed E-state index contributed by atoms with van der Waals surface area (Å²) >= 11 is 0. The van der Waals surface area contributed by atoms with E-state index in [1.54, 1.807) is 18.2 Å². The number of anilines is 2. The molecule has 0 spiro atoms. The zero-order valence-electron chi connectivity index (χ0n) is 11.9. The number of benzene rings is 1. The topological polar surface area (TPSA) is 76.8 Å². The second kappa shape index (κ2) is 6.58. The Labute approximate surface area is 118 Å². The van der Waals surface area contributed by atoms with Crippen LogP contribution in [-0.4, -0.2) is 57.4 Å². The van der Waals surface area contributed by atoms with Gasteiger partial charge in [-0.15, -0.1) is 0 Å². The number of hydrogen-bond donors (Lipinski definition) is 2. The van der Waals surface area contributed by atoms with Crippen molar-refractivity contribution in [1.29, 1.82) is 0 Å². The fourth-order valence-electron chi connectivity index (χ4n) is 2.17. The van der Waals surface area contributed by atoms with Gasteiger partial charge in [0.1, 0.15) is 0 Å². The van der Waals surface area contributed by atoms with Crippen molar-refractivity contribution in [3.63, 3.8) is 0 Å². The summed E-state index contributed by atoms with van der Waals surface area (Å²) in [5.41, 5.74) is 7.71. The molecule has 0 saturated carbocycles. The number of rotatable bonds is 4. The average Bonchev–Trinajstić information content (AvgIpc) is 2.45. The number of nitrogens with one attached hydrogen (secondary N) is 1. The second-order valence-corrected chi connectivity index (χ2v) is 4.93. The maximum absolute atomic E-state index is 11.5. The van der Waals surface area contributed by atoms with E-state index in [1.807, 2.05) is 0 Å². The molecule has 1 aromatic carbocycles. The molecular formula is C14H21N3O3. The third-order valence-corrected chi connectivity index (χ3v) is 3.34. The first-order chi connectivity index (χ1) is 9.60. The van der Waals surface area contributed by atoms with Crippen LogP contribution in [-0.2, 0) is 9.47 Å². The first kappa shape index (κ1) is 14.6. The van der Waals surface area contributed by atoms with E-state index in [0.29, 0.717) is 17.8 Å². The molecule has 6 nitrogen and oxygen atoms in total. The first-order valence-electron chi connectivity index (χ1n) is 6.62. The van der Waals surface area contributed by atoms with Crippen LogP contribution in [0.5, 0.6) is 0 Å². The lowest BCUT2D eigenvalue weighted by molar-refractivity contribution is -0.0117. The standard InChI is InChI=1S/C14H21N3O3/c1-17-5-6-20-11(9-17)8-16-13-7-10(14(18)19-2)3-4-12(13)15/h3-4,7,11,16H,5-6,8-9,15H2,1-2H3. The maximum Gasteiger partial charge on any atom is 0.337 e. The van der Waals surface area contributed by atoms with Crippen molar-refractivity contribution in [2.45, 2.75) is 6.10 Å². The summed E-state index contributed by atoms with van der Waals surface area (Å²) in [6, 6.07) is 5.05. The molecular weight excluding hydrogens is 258 g/mol. The second-order valence-electron chi connectivity index (χ2n) is 4.93. The molecule has 0 amide bonds. The quantitative estimate of drug-likeness (QED) is 0.627. The van der Waals surface area contributed by atoms with Gasteiger partial charge in [0, 0.05) is 19.6 Å². The van der Waals surface area contributed by atoms with E-state index in [4.69, 9.17) is 15.2 Å². The normalized spacial score (nSPS) is 19.6. The van der Waals surface area contributed by atoms with Gasteiger partial charge in [0.25, 0.3) is 0 Å². The van der Waals surface area contributed by atoms with E-state index in [0.717, 1.165) is 25.4 Å². The summed E-state index contributed by atoms with van der Waals surface area (Å²) in [5.74, 6) is -0.373. The molecule has 0 bridgehead atoms. The zero-order valence-corrected chi connectivity index (χ0v) is 11.9. The number of carbonyl (C=O) groups is 1. The molecule has 1 saturated heterocycles. The third-order valence-electron chi connectivity index (χ3n) is 3.34. The van der Waals surface area contributed by atoms with E-state index in [-0.39, 0.29) is 12.1 Å². The SMILES string of the molecule is COC(=O)c1ccc(N)c(NCC2CN(C)CCO2)c1. The predicted octanol–water partition coefficient (Wildman–Crippen LogP) is 0.798. The molecule has 3 N–H and O–H groups in total. The molecule has 0 radical (unpaired) electrons. The van der Waals surface area contributed by atoms with Gasteiger partial charge >= 0.3 is 5.97 Å². The van der Waals surface area contributed by atoms with Gasteiger partial charge in [0.15, 0.2) is 0 Å². The summed E-state index contributed by atoms with van der Waals surface area (Å²) in [7, 11) is 3.43. The van der Waals surface area contributed by atoms with Crippen molar-refractivity contribution in [3.05, 3.63) is 23.8 Å². The van der Waals surface area contributed by atoms with Gasteiger partial charge < -0.3 is 25.4 Å². The molecule has 1 unspecified atom stereocenters. The van der Waals surface area contributed by atoms with Crippen LogP contribution in [0.1, 0.15) is 10.4 Å². The van der Waals surface area contributed by atoms with Crippen molar-refractivity contribution >= 4 is 17.3 Å². The molecule has 110 valence electrons. The molecule has 1 aliphatic rings. The maximum atomic E-state index is 11.5. The Bertz CT molecular complexity index is 479. The lowest BCUT2D eigenvalue weighted by Crippen LogP contribution is -2.43. The van der Waals surface area contributed by atoms with Crippen molar-refractivity contribution in [2.24, 2.45) is 0 Å². The molecule has 6 heteroatoms. The van der Waals surface area contributed by atoms with Crippen LogP contribution in [0.15, 0.2) is 18.2 Å². The van der Waals surface area contributed by atoms with E-state index < -0.39 is 0 Å². The summed E-state index contributed by atoms with van der Waals surface area (Å²) in [6.45, 7) is 3.22. The largest absolute Gasteiger partial charge is 0.465 e. The smallest absolute Gasteiger partial charge is 0.337 e. The first-order valence-corrected chi connectivity index (χ1v) is 6.62. The summed E-state index contributed by atoms with van der Waals surface area (Å²) in [6.07, 6.45) is 0.120. The summed E-state index contributed by atoms with van der Waals surface area (Å²) in [5, 5.41) is 3.24. The average molecular weight is 279 g/mol. The molecule has 1 heterocycles. The third kappa shape index (κ3) is 3.61. The molecule has 0 aliphatic carbocycles. The number of nitrogens with two attached hydrogens (primary N) is 1. The lowest BCUT2D eigenvalue weighted by Gasteiger charge is -2.30. The minimum absolute atomic E-state index is 0.120. The van der Waals surface area contributed by atoms with Crippen molar-refractivity contribution in [2.75, 3.05) is 51.4 Å². The Balaban J connectivity index is 1.99. The van der Waals surface area contributed by atoms with Crippen LogP contribution >= 0.6 is 0 Å². The molecule has 20 heavy (non-hydrogen) atoms. The van der Waals surface area contributed by atoms with Gasteiger partial charge in [0.2, 0.25) is 0 Å². The molecule has 1 aliphatic heterocycles. The van der Waals surface area contributed by atoms with E-state index >= 15 is 0 Å². The van der Waals surface area contributed by atoms with Gasteiger partial charge in [0.05, 0.1) is 36.8 Å². The highest BCUT2D eigenvalue weighted by molar-refractivity contribution is 5.91. The van der Waals surface area contributed by atoms with Crippen LogP contribution in [0, 0.1) is 0 Å². The number of likely N-dealkylation sites (N-methyl/N-ethyl adjacent to an activating group) is 1. The van der Waals surface area contributed by atoms with E-state index in [1.165, 1.54) is 7.11 Å². The number of esters is 1. The highest BCUT2D eigenvalue weighted by Gasteiger charge is 2.18. The number of nitrogens with zero attached hydrogens (tertiary/aromatic N) is 1. The van der Waals surface area contributed by atoms with Crippen LogP contribution < -0.4 is 11.1 Å². The van der Waals surface area contributed by atoms with Crippen LogP contribution in [0.4, 0.5) is 11.4 Å². The minimum Gasteiger partial charge on any atom is -0.465 e. The highest BCUT2D eigenvalue weighted by atomic mass is 16.5. The number of methoxy groups -OCH3 is 1. The minimum atomic E-state index is -0.373. The van der Waals surface area contributed by atoms with Crippen LogP contribution in [0.2, 0.25) is 0 Å². The van der Waals surface area contributed by atoms with Gasteiger partial charge in [-0.05, 0) is 25.2 Å². The molecule has 1 aromatic rings. The number of nitrogen functional groups attached to an aromatic ring is 1. The van der Waals surface area contributed by atoms with E-state index in [2.05, 4.69) is 17.3 Å². The highest BCUT2D eigenvalue weighted by Crippen LogP contribution is 2.21. The number of morpholine rings is 1. The Morgan fingerprint density at radius 2 is 2.40 bits per heavy atom. The fraction of sp³-hybridized carbons (Fsp3) is 0.500. The molecule has 1 fully saturated rings. The number of carbonyl (C=O) groups excluding carboxylic acids is 1. The zero-order chi connectivity index (χ0) is 14.5. The fourth-order valence-corrected chi connectivity index (χ4v) is 2.17. The van der Waals surface area contributed by atoms with Crippen molar-refractivity contribution in [3.8, 4) is 0 Å². The van der Waals surface area contributed by atoms with Gasteiger partial charge in [-0.2, -0.15) is 0 Å². The monoisotopic (exact) mass is 279 g/mol. The van der Waals surface area contributed by atoms with Crippen LogP contribution in [0.3, 0.4) is 0 Å². The van der Waals surface area contributed by atoms with Crippen LogP contribution in [0.25, 0.3) is 0 Å². The molecule has 2 rings (SSSR count). The van der Waals surface area contributed by atoms with Gasteiger partial charge in [-0.3, -0.25) is 0 Å². The Hall–Kier alpha value is -1.79. The number of ether oxygens (including phenoxy) is 2. The van der Waals surface area contributed by atoms with Crippen molar-refractivity contribution < 1.29 is 14.3 Å². The molecule has 1 atom stereocenters. The predicted molar refractivity (Wildman–Crippen MR) is 77.9 cm³/mol. The Morgan fingerprint density at radius 1 is 1.60 bits per heavy atom. The molecule has 0 aromatic heterocycles. The summed E-state index contributed by atoms with van der Waals surface area (Å²) < 4.78 is 10.4.